The molecule has 0 radical (unpaired) electrons. The predicted molar refractivity (Wildman–Crippen MR) is 99.7 cm³/mol. The molecule has 2 unspecified atom stereocenters. The Balaban J connectivity index is 0.00000208. The van der Waals surface area contributed by atoms with Crippen LogP contribution >= 0.6 is 12.4 Å². The molecule has 1 amide bonds. The second-order valence-corrected chi connectivity index (χ2v) is 7.10. The first-order valence-corrected chi connectivity index (χ1v) is 9.00. The van der Waals surface area contributed by atoms with E-state index in [1.807, 2.05) is 24.3 Å². The summed E-state index contributed by atoms with van der Waals surface area (Å²) in [5.74, 6) is 1.74. The predicted octanol–water partition coefficient (Wildman–Crippen LogP) is 4.13. The van der Waals surface area contributed by atoms with Gasteiger partial charge in [0.25, 0.3) is 0 Å². The van der Waals surface area contributed by atoms with Crippen molar-refractivity contribution >= 4 is 24.0 Å². The summed E-state index contributed by atoms with van der Waals surface area (Å²) in [7, 11) is 0. The van der Waals surface area contributed by atoms with Crippen molar-refractivity contribution in [2.24, 2.45) is 17.6 Å². The lowest BCUT2D eigenvalue weighted by molar-refractivity contribution is -0.119. The van der Waals surface area contributed by atoms with Crippen LogP contribution in [0.5, 0.6) is 5.75 Å². The van der Waals surface area contributed by atoms with Crippen LogP contribution in [-0.2, 0) is 4.79 Å². The quantitative estimate of drug-likeness (QED) is 0.837. The highest BCUT2D eigenvalue weighted by Crippen LogP contribution is 2.27. The molecule has 4 nitrogen and oxygen atoms in total. The van der Waals surface area contributed by atoms with Gasteiger partial charge in [-0.25, -0.2) is 0 Å². The number of rotatable bonds is 5. The maximum atomic E-state index is 12.2. The zero-order chi connectivity index (χ0) is 16.1. The molecule has 0 aromatic heterocycles. The SMILES string of the molecule is Cl.NC1CCC(C(=O)Nc2ccc(OCC3CCCCC3)cc2)C1. The molecule has 2 fully saturated rings. The number of ether oxygens (including phenoxy) is 1. The number of hydrogen-bond acceptors (Lipinski definition) is 3. The van der Waals surface area contributed by atoms with Gasteiger partial charge < -0.3 is 15.8 Å². The average Bonchev–Trinajstić information content (AvgIpc) is 3.02. The number of benzene rings is 1. The zero-order valence-corrected chi connectivity index (χ0v) is 15.0. The van der Waals surface area contributed by atoms with Crippen molar-refractivity contribution in [2.45, 2.75) is 57.4 Å². The fourth-order valence-corrected chi connectivity index (χ4v) is 3.70. The smallest absolute Gasteiger partial charge is 0.227 e. The zero-order valence-electron chi connectivity index (χ0n) is 14.2. The number of nitrogens with two attached hydrogens (primary N) is 1. The van der Waals surface area contributed by atoms with E-state index in [4.69, 9.17) is 10.5 Å². The van der Waals surface area contributed by atoms with E-state index in [0.29, 0.717) is 5.92 Å². The fourth-order valence-electron chi connectivity index (χ4n) is 3.70. The minimum Gasteiger partial charge on any atom is -0.493 e. The van der Waals surface area contributed by atoms with Gasteiger partial charge in [0.05, 0.1) is 6.61 Å². The van der Waals surface area contributed by atoms with E-state index >= 15 is 0 Å². The third kappa shape index (κ3) is 5.38. The largest absolute Gasteiger partial charge is 0.493 e. The minimum atomic E-state index is 0. The van der Waals surface area contributed by atoms with Crippen LogP contribution in [0.1, 0.15) is 51.4 Å². The molecular weight excluding hydrogens is 324 g/mol. The van der Waals surface area contributed by atoms with Gasteiger partial charge in [-0.05, 0) is 62.3 Å². The molecule has 1 aromatic rings. The normalized spacial score (nSPS) is 24.2. The number of anilines is 1. The second kappa shape index (κ2) is 9.28. The molecule has 3 N–H and O–H groups in total. The lowest BCUT2D eigenvalue weighted by atomic mass is 9.90. The van der Waals surface area contributed by atoms with Crippen LogP contribution in [0.2, 0.25) is 0 Å². The molecule has 2 saturated carbocycles. The molecule has 0 spiro atoms. The van der Waals surface area contributed by atoms with Crippen LogP contribution in [0.4, 0.5) is 5.69 Å². The highest BCUT2D eigenvalue weighted by atomic mass is 35.5. The highest BCUT2D eigenvalue weighted by Gasteiger charge is 2.27. The molecule has 2 atom stereocenters. The average molecular weight is 353 g/mol. The summed E-state index contributed by atoms with van der Waals surface area (Å²) in [6.07, 6.45) is 9.27. The van der Waals surface area contributed by atoms with Gasteiger partial charge in [0.2, 0.25) is 5.91 Å². The number of carbonyl (C=O) groups excluding carboxylic acids is 1. The van der Waals surface area contributed by atoms with Crippen LogP contribution < -0.4 is 15.8 Å². The third-order valence-corrected chi connectivity index (χ3v) is 5.18. The van der Waals surface area contributed by atoms with Crippen LogP contribution in [0, 0.1) is 11.8 Å². The maximum absolute atomic E-state index is 12.2. The van der Waals surface area contributed by atoms with Crippen LogP contribution in [0.25, 0.3) is 0 Å². The van der Waals surface area contributed by atoms with Crippen molar-refractivity contribution in [2.75, 3.05) is 11.9 Å². The molecule has 1 aromatic carbocycles. The molecule has 2 aliphatic rings. The molecule has 24 heavy (non-hydrogen) atoms. The number of amides is 1. The molecule has 5 heteroatoms. The summed E-state index contributed by atoms with van der Waals surface area (Å²) in [6, 6.07) is 7.91. The summed E-state index contributed by atoms with van der Waals surface area (Å²) in [5, 5.41) is 2.99. The molecule has 0 bridgehead atoms. The Morgan fingerprint density at radius 1 is 1.08 bits per heavy atom. The van der Waals surface area contributed by atoms with E-state index in [9.17, 15) is 4.79 Å². The third-order valence-electron chi connectivity index (χ3n) is 5.18. The summed E-state index contributed by atoms with van der Waals surface area (Å²) in [5.41, 5.74) is 6.71. The standard InChI is InChI=1S/C19H28N2O2.ClH/c20-16-7-6-15(12-16)19(22)21-17-8-10-18(11-9-17)23-13-14-4-2-1-3-5-14;/h8-11,14-16H,1-7,12-13,20H2,(H,21,22);1H. The first-order valence-electron chi connectivity index (χ1n) is 9.00. The number of carbonyl (C=O) groups is 1. The summed E-state index contributed by atoms with van der Waals surface area (Å²) >= 11 is 0. The van der Waals surface area contributed by atoms with Crippen molar-refractivity contribution < 1.29 is 9.53 Å². The summed E-state index contributed by atoms with van der Waals surface area (Å²) < 4.78 is 5.89. The first-order chi connectivity index (χ1) is 11.2. The van der Waals surface area contributed by atoms with Gasteiger partial charge in [0, 0.05) is 17.6 Å². The van der Waals surface area contributed by atoms with Crippen molar-refractivity contribution in [1.29, 1.82) is 0 Å². The van der Waals surface area contributed by atoms with Gasteiger partial charge >= 0.3 is 0 Å². The topological polar surface area (TPSA) is 64.4 Å². The van der Waals surface area contributed by atoms with Gasteiger partial charge in [0.15, 0.2) is 0 Å². The summed E-state index contributed by atoms with van der Waals surface area (Å²) in [6.45, 7) is 0.811. The van der Waals surface area contributed by atoms with Crippen LogP contribution in [0.15, 0.2) is 24.3 Å². The Kier molecular flexibility index (Phi) is 7.38. The van der Waals surface area contributed by atoms with E-state index in [1.165, 1.54) is 32.1 Å². The van der Waals surface area contributed by atoms with E-state index in [1.54, 1.807) is 0 Å². The van der Waals surface area contributed by atoms with Crippen molar-refractivity contribution in [3.05, 3.63) is 24.3 Å². The van der Waals surface area contributed by atoms with Crippen molar-refractivity contribution in [3.8, 4) is 5.75 Å². The number of hydrogen-bond donors (Lipinski definition) is 2. The van der Waals surface area contributed by atoms with Crippen LogP contribution in [-0.4, -0.2) is 18.6 Å². The lowest BCUT2D eigenvalue weighted by Gasteiger charge is -2.21. The Labute approximate surface area is 150 Å². The molecule has 0 heterocycles. The van der Waals surface area contributed by atoms with E-state index < -0.39 is 0 Å². The molecule has 0 saturated heterocycles. The number of halogens is 1. The minimum absolute atomic E-state index is 0. The van der Waals surface area contributed by atoms with E-state index in [-0.39, 0.29) is 30.3 Å². The van der Waals surface area contributed by atoms with Gasteiger partial charge in [-0.3, -0.25) is 4.79 Å². The maximum Gasteiger partial charge on any atom is 0.227 e. The van der Waals surface area contributed by atoms with E-state index in [0.717, 1.165) is 37.3 Å². The van der Waals surface area contributed by atoms with Crippen molar-refractivity contribution in [3.63, 3.8) is 0 Å². The monoisotopic (exact) mass is 352 g/mol. The summed E-state index contributed by atoms with van der Waals surface area (Å²) in [4.78, 5) is 12.2. The first kappa shape index (κ1) is 19.1. The second-order valence-electron chi connectivity index (χ2n) is 7.10. The molecule has 2 aliphatic carbocycles. The van der Waals surface area contributed by atoms with E-state index in [2.05, 4.69) is 5.32 Å². The van der Waals surface area contributed by atoms with Gasteiger partial charge in [0.1, 0.15) is 5.75 Å². The molecule has 3 rings (SSSR count). The van der Waals surface area contributed by atoms with Crippen LogP contribution in [0.3, 0.4) is 0 Å². The molecule has 134 valence electrons. The van der Waals surface area contributed by atoms with Gasteiger partial charge in [-0.1, -0.05) is 19.3 Å². The Hall–Kier alpha value is -1.26. The highest BCUT2D eigenvalue weighted by molar-refractivity contribution is 5.92. The fraction of sp³-hybridized carbons (Fsp3) is 0.632. The Bertz CT molecular complexity index is 515. The van der Waals surface area contributed by atoms with Gasteiger partial charge in [-0.15, -0.1) is 12.4 Å². The number of nitrogens with one attached hydrogen (secondary N) is 1. The Morgan fingerprint density at radius 3 is 2.42 bits per heavy atom. The van der Waals surface area contributed by atoms with Gasteiger partial charge in [-0.2, -0.15) is 0 Å². The Morgan fingerprint density at radius 2 is 1.79 bits per heavy atom. The molecule has 0 aliphatic heterocycles. The lowest BCUT2D eigenvalue weighted by Crippen LogP contribution is -2.23. The van der Waals surface area contributed by atoms with Crippen molar-refractivity contribution in [1.82, 2.24) is 0 Å². The molecular formula is C19H29ClN2O2.